The lowest BCUT2D eigenvalue weighted by atomic mass is 10.1. The molecule has 0 N–H and O–H groups in total. The Kier molecular flexibility index (Phi) is 5.16. The summed E-state index contributed by atoms with van der Waals surface area (Å²) in [6, 6.07) is 3.95. The fourth-order valence-corrected chi connectivity index (χ4v) is 1.65. The Labute approximate surface area is 91.9 Å². The molecule has 0 aliphatic heterocycles. The maximum Gasteiger partial charge on any atom is 0.253 e. The van der Waals surface area contributed by atoms with Crippen molar-refractivity contribution in [1.82, 2.24) is 4.57 Å². The second kappa shape index (κ2) is 6.44. The Hall–Kier alpha value is -1.05. The van der Waals surface area contributed by atoms with Gasteiger partial charge >= 0.3 is 0 Å². The summed E-state index contributed by atoms with van der Waals surface area (Å²) < 4.78 is 1.84. The monoisotopic (exact) mass is 207 g/mol. The highest BCUT2D eigenvalue weighted by atomic mass is 16.1. The maximum atomic E-state index is 11.9. The number of rotatable bonds is 6. The van der Waals surface area contributed by atoms with E-state index < -0.39 is 0 Å². The zero-order chi connectivity index (χ0) is 11.1. The van der Waals surface area contributed by atoms with Crippen molar-refractivity contribution in [1.29, 1.82) is 0 Å². The second-order valence-corrected chi connectivity index (χ2v) is 3.99. The minimum Gasteiger partial charge on any atom is -0.315 e. The molecule has 1 heterocycles. The molecule has 2 nitrogen and oxygen atoms in total. The van der Waals surface area contributed by atoms with E-state index >= 15 is 0 Å². The predicted octanol–water partition coefficient (Wildman–Crippen LogP) is 2.99. The van der Waals surface area contributed by atoms with Gasteiger partial charge in [0.15, 0.2) is 0 Å². The van der Waals surface area contributed by atoms with Gasteiger partial charge in [0.25, 0.3) is 5.56 Å². The lowest BCUT2D eigenvalue weighted by Crippen LogP contribution is -2.22. The van der Waals surface area contributed by atoms with Gasteiger partial charge in [0.05, 0.1) is 0 Å². The zero-order valence-corrected chi connectivity index (χ0v) is 9.83. The van der Waals surface area contributed by atoms with Gasteiger partial charge in [0.1, 0.15) is 0 Å². The first-order valence-electron chi connectivity index (χ1n) is 5.98. The van der Waals surface area contributed by atoms with Gasteiger partial charge in [-0.1, -0.05) is 32.8 Å². The van der Waals surface area contributed by atoms with Gasteiger partial charge in [-0.3, -0.25) is 4.79 Å². The summed E-state index contributed by atoms with van der Waals surface area (Å²) in [5.41, 5.74) is 1.18. The summed E-state index contributed by atoms with van der Waals surface area (Å²) in [5.74, 6) is 0. The van der Waals surface area contributed by atoms with Crippen LogP contribution in [0.2, 0.25) is 0 Å². The van der Waals surface area contributed by atoms with Crippen LogP contribution in [0.25, 0.3) is 0 Å². The third kappa shape index (κ3) is 3.54. The Morgan fingerprint density at radius 1 is 1.20 bits per heavy atom. The van der Waals surface area contributed by atoms with E-state index in [1.807, 2.05) is 22.9 Å². The van der Waals surface area contributed by atoms with E-state index in [0.717, 1.165) is 44.2 Å². The van der Waals surface area contributed by atoms with Crippen molar-refractivity contribution in [3.63, 3.8) is 0 Å². The Balaban J connectivity index is 2.76. The number of unbranched alkanes of at least 4 members (excludes halogenated alkanes) is 2. The van der Waals surface area contributed by atoms with Crippen LogP contribution in [-0.2, 0) is 13.0 Å². The van der Waals surface area contributed by atoms with E-state index in [2.05, 4.69) is 13.8 Å². The molecule has 1 rings (SSSR count). The quantitative estimate of drug-likeness (QED) is 0.703. The molecule has 0 fully saturated rings. The number of pyridine rings is 1. The molecule has 0 spiro atoms. The number of hydrogen-bond donors (Lipinski definition) is 0. The van der Waals surface area contributed by atoms with E-state index in [1.165, 1.54) is 0 Å². The van der Waals surface area contributed by atoms with E-state index in [9.17, 15) is 4.79 Å². The summed E-state index contributed by atoms with van der Waals surface area (Å²) in [6.45, 7) is 5.15. The average Bonchev–Trinajstić information content (AvgIpc) is 2.26. The molecule has 0 bridgehead atoms. The first-order valence-corrected chi connectivity index (χ1v) is 5.98. The molecule has 0 atom stereocenters. The zero-order valence-electron chi connectivity index (χ0n) is 9.83. The van der Waals surface area contributed by atoms with Crippen LogP contribution in [0, 0.1) is 0 Å². The normalized spacial score (nSPS) is 10.5. The molecule has 1 aromatic rings. The summed E-state index contributed by atoms with van der Waals surface area (Å²) >= 11 is 0. The van der Waals surface area contributed by atoms with Crippen molar-refractivity contribution in [2.45, 2.75) is 52.5 Å². The van der Waals surface area contributed by atoms with Crippen molar-refractivity contribution in [2.24, 2.45) is 0 Å². The van der Waals surface area contributed by atoms with Gasteiger partial charge < -0.3 is 4.57 Å². The molecule has 84 valence electrons. The third-order valence-electron chi connectivity index (χ3n) is 2.65. The van der Waals surface area contributed by atoms with E-state index in [4.69, 9.17) is 0 Å². The lowest BCUT2D eigenvalue weighted by molar-refractivity contribution is 0.605. The summed E-state index contributed by atoms with van der Waals surface area (Å²) in [4.78, 5) is 11.9. The van der Waals surface area contributed by atoms with Gasteiger partial charge in [0, 0.05) is 18.3 Å². The molecule has 0 unspecified atom stereocenters. The van der Waals surface area contributed by atoms with E-state index in [1.54, 1.807) is 0 Å². The first-order chi connectivity index (χ1) is 7.29. The number of nitrogens with zero attached hydrogens (tertiary/aromatic N) is 1. The smallest absolute Gasteiger partial charge is 0.253 e. The number of aryl methyl sites for hydroxylation is 2. The lowest BCUT2D eigenvalue weighted by Gasteiger charge is -2.06. The molecule has 0 aliphatic rings. The Bertz CT molecular complexity index is 311. The molecule has 1 aromatic heterocycles. The van der Waals surface area contributed by atoms with Gasteiger partial charge in [-0.25, -0.2) is 0 Å². The fourth-order valence-electron chi connectivity index (χ4n) is 1.65. The average molecular weight is 207 g/mol. The van der Waals surface area contributed by atoms with Crippen molar-refractivity contribution in [2.75, 3.05) is 0 Å². The third-order valence-corrected chi connectivity index (χ3v) is 2.65. The molecule has 0 aromatic carbocycles. The highest BCUT2D eigenvalue weighted by Crippen LogP contribution is 2.00. The number of hydrogen-bond acceptors (Lipinski definition) is 1. The first kappa shape index (κ1) is 12.0. The van der Waals surface area contributed by atoms with Crippen molar-refractivity contribution < 1.29 is 0 Å². The van der Waals surface area contributed by atoms with E-state index in [0.29, 0.717) is 0 Å². The minimum atomic E-state index is 0.208. The predicted molar refractivity (Wildman–Crippen MR) is 64.2 cm³/mol. The highest BCUT2D eigenvalue weighted by molar-refractivity contribution is 5.10. The van der Waals surface area contributed by atoms with E-state index in [-0.39, 0.29) is 5.56 Å². The maximum absolute atomic E-state index is 11.9. The van der Waals surface area contributed by atoms with Crippen LogP contribution in [0.3, 0.4) is 0 Å². The Morgan fingerprint density at radius 2 is 1.93 bits per heavy atom. The van der Waals surface area contributed by atoms with Crippen LogP contribution in [0.1, 0.15) is 45.1 Å². The summed E-state index contributed by atoms with van der Waals surface area (Å²) in [6.07, 6.45) is 7.27. The van der Waals surface area contributed by atoms with Crippen LogP contribution in [-0.4, -0.2) is 4.57 Å². The SMILES string of the molecule is CCCCc1cccn(CCCC)c1=O. The molecule has 15 heavy (non-hydrogen) atoms. The molecular formula is C13H21NO. The van der Waals surface area contributed by atoms with Crippen molar-refractivity contribution in [3.05, 3.63) is 34.2 Å². The van der Waals surface area contributed by atoms with Crippen molar-refractivity contribution in [3.8, 4) is 0 Å². The topological polar surface area (TPSA) is 22.0 Å². The molecule has 0 aliphatic carbocycles. The fraction of sp³-hybridized carbons (Fsp3) is 0.615. The molecule has 0 amide bonds. The van der Waals surface area contributed by atoms with Crippen LogP contribution >= 0.6 is 0 Å². The Morgan fingerprint density at radius 3 is 2.60 bits per heavy atom. The van der Waals surface area contributed by atoms with Crippen LogP contribution in [0.5, 0.6) is 0 Å². The highest BCUT2D eigenvalue weighted by Gasteiger charge is 2.01. The van der Waals surface area contributed by atoms with Gasteiger partial charge in [-0.15, -0.1) is 0 Å². The van der Waals surface area contributed by atoms with Gasteiger partial charge in [0.2, 0.25) is 0 Å². The molecule has 0 radical (unpaired) electrons. The minimum absolute atomic E-state index is 0.208. The largest absolute Gasteiger partial charge is 0.315 e. The number of aromatic nitrogens is 1. The van der Waals surface area contributed by atoms with Gasteiger partial charge in [-0.2, -0.15) is 0 Å². The summed E-state index contributed by atoms with van der Waals surface area (Å²) in [5, 5.41) is 0. The molecule has 0 saturated carbocycles. The molecule has 0 saturated heterocycles. The van der Waals surface area contributed by atoms with Gasteiger partial charge in [-0.05, 0) is 25.3 Å². The van der Waals surface area contributed by atoms with Crippen LogP contribution in [0.4, 0.5) is 0 Å². The van der Waals surface area contributed by atoms with Crippen molar-refractivity contribution >= 4 is 0 Å². The van der Waals surface area contributed by atoms with Crippen LogP contribution < -0.4 is 5.56 Å². The molecular weight excluding hydrogens is 186 g/mol. The standard InChI is InChI=1S/C13H21NO/c1-3-5-8-12-9-7-11-14(13(12)15)10-6-4-2/h7,9,11H,3-6,8,10H2,1-2H3. The molecule has 2 heteroatoms. The summed E-state index contributed by atoms with van der Waals surface area (Å²) in [7, 11) is 0. The van der Waals surface area contributed by atoms with Crippen LogP contribution in [0.15, 0.2) is 23.1 Å². The second-order valence-electron chi connectivity index (χ2n) is 3.99.